The summed E-state index contributed by atoms with van der Waals surface area (Å²) >= 11 is 1.28. The van der Waals surface area contributed by atoms with E-state index in [4.69, 9.17) is 0 Å². The average Bonchev–Trinajstić information content (AvgIpc) is 3.48. The molecule has 0 bridgehead atoms. The third-order valence-electron chi connectivity index (χ3n) is 4.69. The number of nitrogens with zero attached hydrogens (tertiary/aromatic N) is 2. The van der Waals surface area contributed by atoms with Gasteiger partial charge in [-0.2, -0.15) is 4.31 Å². The molecule has 1 fully saturated rings. The van der Waals surface area contributed by atoms with E-state index in [1.807, 2.05) is 6.07 Å². The maximum Gasteiger partial charge on any atom is 0.251 e. The standard InChI is InChI=1S/C18H20N4O4S2/c23-16(10-19-17(24)12-4-2-1-3-5-12)21-18-20-14-8-9-22(11-15(14)27-18)28(25,26)13-6-7-13/h1-5,13H,6-11H2,(H,19,24)(H,20,21,23). The number of benzene rings is 1. The zero-order valence-electron chi connectivity index (χ0n) is 15.1. The molecule has 1 aliphatic heterocycles. The van der Waals surface area contributed by atoms with Gasteiger partial charge in [-0.15, -0.1) is 11.3 Å². The van der Waals surface area contributed by atoms with Crippen molar-refractivity contribution in [3.63, 3.8) is 0 Å². The maximum absolute atomic E-state index is 12.4. The molecule has 2 aliphatic rings. The third kappa shape index (κ3) is 4.08. The monoisotopic (exact) mass is 420 g/mol. The van der Waals surface area contributed by atoms with Crippen molar-refractivity contribution in [2.75, 3.05) is 18.4 Å². The van der Waals surface area contributed by atoms with Gasteiger partial charge in [-0.1, -0.05) is 18.2 Å². The molecule has 0 saturated heterocycles. The number of rotatable bonds is 6. The first-order valence-corrected chi connectivity index (χ1v) is 11.4. The summed E-state index contributed by atoms with van der Waals surface area (Å²) in [6, 6.07) is 8.65. The van der Waals surface area contributed by atoms with E-state index in [2.05, 4.69) is 15.6 Å². The van der Waals surface area contributed by atoms with Crippen molar-refractivity contribution in [1.82, 2.24) is 14.6 Å². The van der Waals surface area contributed by atoms with Crippen LogP contribution < -0.4 is 10.6 Å². The third-order valence-corrected chi connectivity index (χ3v) is 8.04. The molecule has 8 nitrogen and oxygen atoms in total. The average molecular weight is 421 g/mol. The lowest BCUT2D eigenvalue weighted by molar-refractivity contribution is -0.115. The number of thiazole rings is 1. The molecule has 0 unspecified atom stereocenters. The molecule has 4 rings (SSSR count). The van der Waals surface area contributed by atoms with Crippen molar-refractivity contribution < 1.29 is 18.0 Å². The molecule has 10 heteroatoms. The van der Waals surface area contributed by atoms with Gasteiger partial charge in [-0.25, -0.2) is 13.4 Å². The molecule has 0 spiro atoms. The molecular weight excluding hydrogens is 400 g/mol. The summed E-state index contributed by atoms with van der Waals surface area (Å²) in [5.41, 5.74) is 1.31. The molecule has 0 atom stereocenters. The van der Waals surface area contributed by atoms with Crippen molar-refractivity contribution in [1.29, 1.82) is 0 Å². The van der Waals surface area contributed by atoms with Crippen LogP contribution in [0.25, 0.3) is 0 Å². The minimum absolute atomic E-state index is 0.167. The number of sulfonamides is 1. The Kier molecular flexibility index (Phi) is 5.17. The molecule has 1 saturated carbocycles. The summed E-state index contributed by atoms with van der Waals surface area (Å²) in [5, 5.41) is 5.44. The fraction of sp³-hybridized carbons (Fsp3) is 0.389. The molecule has 148 valence electrons. The quantitative estimate of drug-likeness (QED) is 0.734. The Morgan fingerprint density at radius 2 is 1.96 bits per heavy atom. The smallest absolute Gasteiger partial charge is 0.251 e. The second kappa shape index (κ2) is 7.61. The van der Waals surface area contributed by atoms with Crippen LogP contribution in [0.15, 0.2) is 30.3 Å². The highest BCUT2D eigenvalue weighted by Crippen LogP contribution is 2.35. The highest BCUT2D eigenvalue weighted by molar-refractivity contribution is 7.90. The van der Waals surface area contributed by atoms with Crippen molar-refractivity contribution in [2.45, 2.75) is 31.1 Å². The Hall–Kier alpha value is -2.30. The number of fused-ring (bicyclic) bond motifs is 1. The molecule has 0 radical (unpaired) electrons. The lowest BCUT2D eigenvalue weighted by Gasteiger charge is -2.25. The topological polar surface area (TPSA) is 108 Å². The van der Waals surface area contributed by atoms with Crippen LogP contribution in [0, 0.1) is 0 Å². The fourth-order valence-corrected chi connectivity index (χ4v) is 5.97. The van der Waals surface area contributed by atoms with E-state index in [9.17, 15) is 18.0 Å². The van der Waals surface area contributed by atoms with E-state index in [1.54, 1.807) is 24.3 Å². The van der Waals surface area contributed by atoms with Gasteiger partial charge in [0, 0.05) is 30.0 Å². The molecule has 1 aromatic carbocycles. The second-order valence-electron chi connectivity index (χ2n) is 6.81. The van der Waals surface area contributed by atoms with Crippen LogP contribution in [0.4, 0.5) is 5.13 Å². The van der Waals surface area contributed by atoms with Crippen LogP contribution in [-0.2, 0) is 27.8 Å². The van der Waals surface area contributed by atoms with Crippen LogP contribution >= 0.6 is 11.3 Å². The highest BCUT2D eigenvalue weighted by atomic mass is 32.2. The Bertz CT molecular complexity index is 1000. The van der Waals surface area contributed by atoms with Gasteiger partial charge < -0.3 is 10.6 Å². The molecule has 1 aliphatic carbocycles. The predicted molar refractivity (Wildman–Crippen MR) is 106 cm³/mol. The molecule has 1 aromatic heterocycles. The number of carbonyl (C=O) groups excluding carboxylic acids is 2. The Labute approximate surface area is 167 Å². The van der Waals surface area contributed by atoms with Gasteiger partial charge in [0.25, 0.3) is 5.91 Å². The van der Waals surface area contributed by atoms with Gasteiger partial charge in [0.2, 0.25) is 15.9 Å². The van der Waals surface area contributed by atoms with E-state index in [0.717, 1.165) is 23.4 Å². The van der Waals surface area contributed by atoms with Crippen LogP contribution in [0.1, 0.15) is 33.8 Å². The van der Waals surface area contributed by atoms with Crippen molar-refractivity contribution in [3.8, 4) is 0 Å². The zero-order valence-corrected chi connectivity index (χ0v) is 16.7. The Morgan fingerprint density at radius 3 is 2.68 bits per heavy atom. The number of nitrogens with one attached hydrogen (secondary N) is 2. The Morgan fingerprint density at radius 1 is 1.21 bits per heavy atom. The maximum atomic E-state index is 12.4. The van der Waals surface area contributed by atoms with Gasteiger partial charge in [-0.05, 0) is 25.0 Å². The molecule has 2 aromatic rings. The van der Waals surface area contributed by atoms with E-state index < -0.39 is 10.0 Å². The SMILES string of the molecule is O=C(CNC(=O)c1ccccc1)Nc1nc2c(s1)CN(S(=O)(=O)C1CC1)CC2. The molecule has 2 N–H and O–H groups in total. The van der Waals surface area contributed by atoms with Gasteiger partial charge in [-0.3, -0.25) is 9.59 Å². The Balaban J connectivity index is 1.33. The zero-order chi connectivity index (χ0) is 19.7. The van der Waals surface area contributed by atoms with Crippen LogP contribution in [-0.4, -0.2) is 47.9 Å². The summed E-state index contributed by atoms with van der Waals surface area (Å²) in [7, 11) is -3.21. The van der Waals surface area contributed by atoms with Crippen LogP contribution in [0.3, 0.4) is 0 Å². The van der Waals surface area contributed by atoms with Crippen LogP contribution in [0.5, 0.6) is 0 Å². The van der Waals surface area contributed by atoms with Gasteiger partial charge in [0.05, 0.1) is 17.5 Å². The first-order valence-electron chi connectivity index (χ1n) is 9.04. The first-order chi connectivity index (χ1) is 13.4. The lowest BCUT2D eigenvalue weighted by Crippen LogP contribution is -2.37. The van der Waals surface area contributed by atoms with Crippen molar-refractivity contribution in [2.24, 2.45) is 0 Å². The number of hydrogen-bond donors (Lipinski definition) is 2. The van der Waals surface area contributed by atoms with Gasteiger partial charge >= 0.3 is 0 Å². The minimum atomic E-state index is -3.21. The summed E-state index contributed by atoms with van der Waals surface area (Å²) < 4.78 is 26.3. The van der Waals surface area contributed by atoms with E-state index in [0.29, 0.717) is 30.2 Å². The van der Waals surface area contributed by atoms with Gasteiger partial charge in [0.1, 0.15) is 0 Å². The molecule has 2 amide bonds. The molecular formula is C18H20N4O4S2. The summed E-state index contributed by atoms with van der Waals surface area (Å²) in [6.07, 6.45) is 2.02. The number of hydrogen-bond acceptors (Lipinski definition) is 6. The van der Waals surface area contributed by atoms with E-state index in [1.165, 1.54) is 15.6 Å². The van der Waals surface area contributed by atoms with E-state index in [-0.39, 0.29) is 23.6 Å². The van der Waals surface area contributed by atoms with Crippen molar-refractivity contribution >= 4 is 38.3 Å². The number of anilines is 1. The summed E-state index contributed by atoms with van der Waals surface area (Å²) in [6.45, 7) is 0.572. The van der Waals surface area contributed by atoms with E-state index >= 15 is 0 Å². The highest BCUT2D eigenvalue weighted by Gasteiger charge is 2.41. The summed E-state index contributed by atoms with van der Waals surface area (Å²) in [5.74, 6) is -0.701. The lowest BCUT2D eigenvalue weighted by atomic mass is 10.2. The van der Waals surface area contributed by atoms with Crippen LogP contribution in [0.2, 0.25) is 0 Å². The summed E-state index contributed by atoms with van der Waals surface area (Å²) in [4.78, 5) is 29.4. The fourth-order valence-electron chi connectivity index (χ4n) is 3.04. The number of carbonyl (C=O) groups is 2. The minimum Gasteiger partial charge on any atom is -0.343 e. The largest absolute Gasteiger partial charge is 0.343 e. The van der Waals surface area contributed by atoms with Crippen molar-refractivity contribution in [3.05, 3.63) is 46.5 Å². The molecule has 28 heavy (non-hydrogen) atoms. The van der Waals surface area contributed by atoms with Gasteiger partial charge in [0.15, 0.2) is 5.13 Å². The second-order valence-corrected chi connectivity index (χ2v) is 10.1. The number of amides is 2. The number of aromatic nitrogens is 1. The first kappa shape index (κ1) is 19.0. The molecule has 2 heterocycles. The normalized spacial score (nSPS) is 17.0. The predicted octanol–water partition coefficient (Wildman–Crippen LogP) is 1.36.